The second-order valence-electron chi connectivity index (χ2n) is 9.62. The molecule has 0 radical (unpaired) electrons. The minimum Gasteiger partial charge on any atom is -0.497 e. The predicted octanol–water partition coefficient (Wildman–Crippen LogP) is 0.784. The molecule has 4 fully saturated rings. The number of carbonyl (C=O) groups excluding carboxylic acids is 2. The number of hydrogen-bond acceptors (Lipinski definition) is 7. The molecule has 1 aromatic carbocycles. The third kappa shape index (κ3) is 4.58. The number of likely N-dealkylation sites (tertiary alicyclic amines) is 2. The minimum atomic E-state index is 0.00898. The number of benzene rings is 1. The summed E-state index contributed by atoms with van der Waals surface area (Å²) in [6, 6.07) is 6.28. The van der Waals surface area contributed by atoms with Crippen LogP contribution in [0.5, 0.6) is 11.5 Å². The Morgan fingerprint density at radius 2 is 1.55 bits per heavy atom. The fourth-order valence-electron chi connectivity index (χ4n) is 5.76. The van der Waals surface area contributed by atoms with Crippen LogP contribution in [-0.2, 0) is 9.59 Å². The molecule has 33 heavy (non-hydrogen) atoms. The zero-order chi connectivity index (χ0) is 22.9. The third-order valence-electron chi connectivity index (χ3n) is 7.62. The lowest BCUT2D eigenvalue weighted by Crippen LogP contribution is -2.45. The molecule has 178 valence electrons. The lowest BCUT2D eigenvalue weighted by Gasteiger charge is -2.32. The van der Waals surface area contributed by atoms with Gasteiger partial charge in [0.2, 0.25) is 11.8 Å². The summed E-state index contributed by atoms with van der Waals surface area (Å²) in [5.74, 6) is 2.51. The molecule has 1 saturated carbocycles. The highest BCUT2D eigenvalue weighted by Gasteiger charge is 2.45. The van der Waals surface area contributed by atoms with Crippen molar-refractivity contribution >= 4 is 17.9 Å². The maximum absolute atomic E-state index is 13.1. The highest BCUT2D eigenvalue weighted by atomic mass is 16.5. The van der Waals surface area contributed by atoms with Gasteiger partial charge < -0.3 is 19.3 Å². The Morgan fingerprint density at radius 1 is 0.909 bits per heavy atom. The number of hydrazine groups is 2. The third-order valence-corrected chi connectivity index (χ3v) is 7.62. The predicted molar refractivity (Wildman–Crippen MR) is 123 cm³/mol. The number of amides is 2. The van der Waals surface area contributed by atoms with E-state index in [1.54, 1.807) is 32.4 Å². The van der Waals surface area contributed by atoms with E-state index in [0.717, 1.165) is 37.9 Å². The van der Waals surface area contributed by atoms with E-state index in [1.165, 1.54) is 0 Å². The topological polar surface area (TPSA) is 95.2 Å². The van der Waals surface area contributed by atoms with E-state index in [-0.39, 0.29) is 11.8 Å². The van der Waals surface area contributed by atoms with Crippen LogP contribution in [0.25, 0.3) is 6.08 Å². The Bertz CT molecular complexity index is 901. The summed E-state index contributed by atoms with van der Waals surface area (Å²) in [7, 11) is 3.21. The number of ether oxygens (including phenoxy) is 2. The zero-order valence-corrected chi connectivity index (χ0v) is 19.3. The average Bonchev–Trinajstić information content (AvgIpc) is 3.56. The maximum Gasteiger partial charge on any atom is 0.246 e. The fraction of sp³-hybridized carbons (Fsp3) is 0.583. The summed E-state index contributed by atoms with van der Waals surface area (Å²) in [6.07, 6.45) is 6.24. The van der Waals surface area contributed by atoms with Gasteiger partial charge in [-0.1, -0.05) is 0 Å². The Balaban J connectivity index is 1.14. The van der Waals surface area contributed by atoms with Gasteiger partial charge in [0.15, 0.2) is 0 Å². The largest absolute Gasteiger partial charge is 0.497 e. The average molecular weight is 456 g/mol. The van der Waals surface area contributed by atoms with Crippen molar-refractivity contribution in [1.29, 1.82) is 0 Å². The number of hydrogen-bond donors (Lipinski definition) is 3. The molecule has 5 rings (SSSR count). The Labute approximate surface area is 194 Å². The molecule has 9 heteroatoms. The van der Waals surface area contributed by atoms with Crippen LogP contribution < -0.4 is 25.9 Å². The summed E-state index contributed by atoms with van der Waals surface area (Å²) in [6.45, 7) is 2.95. The molecule has 0 bridgehead atoms. The van der Waals surface area contributed by atoms with Gasteiger partial charge in [-0.05, 0) is 43.0 Å². The van der Waals surface area contributed by atoms with Crippen molar-refractivity contribution in [2.24, 2.45) is 17.8 Å². The van der Waals surface area contributed by atoms with Crippen LogP contribution in [0.2, 0.25) is 0 Å². The summed E-state index contributed by atoms with van der Waals surface area (Å²) in [5, 5.41) is 0. The van der Waals surface area contributed by atoms with Gasteiger partial charge in [-0.3, -0.25) is 9.59 Å². The number of methoxy groups -OCH3 is 2. The van der Waals surface area contributed by atoms with E-state index in [1.807, 2.05) is 17.0 Å². The second-order valence-corrected chi connectivity index (χ2v) is 9.62. The van der Waals surface area contributed by atoms with Crippen molar-refractivity contribution in [2.75, 3.05) is 40.4 Å². The molecular weight excluding hydrogens is 422 g/mol. The van der Waals surface area contributed by atoms with Gasteiger partial charge in [-0.15, -0.1) is 0 Å². The SMILES string of the molecule is COc1cc(/C=C/C(=O)N2C[C@@H]3CN(C(=O)C4CCC5NNNC5C4)C[C@H]3C2)cc(OC)c1. The summed E-state index contributed by atoms with van der Waals surface area (Å²) in [4.78, 5) is 29.9. The smallest absolute Gasteiger partial charge is 0.246 e. The van der Waals surface area contributed by atoms with E-state index in [4.69, 9.17) is 9.47 Å². The first-order valence-corrected chi connectivity index (χ1v) is 11.8. The molecule has 0 aromatic heterocycles. The lowest BCUT2D eigenvalue weighted by molar-refractivity contribution is -0.136. The molecule has 3 heterocycles. The quantitative estimate of drug-likeness (QED) is 0.565. The van der Waals surface area contributed by atoms with Gasteiger partial charge in [0.05, 0.1) is 14.2 Å². The molecule has 3 N–H and O–H groups in total. The number of fused-ring (bicyclic) bond motifs is 2. The highest BCUT2D eigenvalue weighted by molar-refractivity contribution is 5.92. The molecule has 4 aliphatic rings. The van der Waals surface area contributed by atoms with Crippen molar-refractivity contribution < 1.29 is 19.1 Å². The van der Waals surface area contributed by atoms with Crippen molar-refractivity contribution in [1.82, 2.24) is 26.2 Å². The lowest BCUT2D eigenvalue weighted by atomic mass is 9.82. The van der Waals surface area contributed by atoms with Crippen LogP contribution in [0.15, 0.2) is 24.3 Å². The first-order valence-electron chi connectivity index (χ1n) is 11.8. The molecule has 1 aliphatic carbocycles. The van der Waals surface area contributed by atoms with Gasteiger partial charge in [-0.2, -0.15) is 5.53 Å². The number of nitrogens with zero attached hydrogens (tertiary/aromatic N) is 2. The van der Waals surface area contributed by atoms with E-state index >= 15 is 0 Å². The Hall–Kier alpha value is -2.62. The molecule has 1 aromatic rings. The maximum atomic E-state index is 13.1. The van der Waals surface area contributed by atoms with E-state index in [2.05, 4.69) is 21.3 Å². The van der Waals surface area contributed by atoms with Crippen molar-refractivity contribution in [2.45, 2.75) is 31.3 Å². The van der Waals surface area contributed by atoms with Crippen molar-refractivity contribution in [3.8, 4) is 11.5 Å². The van der Waals surface area contributed by atoms with Crippen molar-refractivity contribution in [3.63, 3.8) is 0 Å². The molecule has 3 saturated heterocycles. The molecule has 3 aliphatic heterocycles. The van der Waals surface area contributed by atoms with E-state index < -0.39 is 0 Å². The van der Waals surface area contributed by atoms with Crippen LogP contribution in [0.3, 0.4) is 0 Å². The van der Waals surface area contributed by atoms with Crippen LogP contribution in [0.4, 0.5) is 0 Å². The number of rotatable bonds is 5. The summed E-state index contributed by atoms with van der Waals surface area (Å²) in [5.41, 5.74) is 10.3. The molecular formula is C24H33N5O4. The summed E-state index contributed by atoms with van der Waals surface area (Å²) < 4.78 is 10.6. The molecule has 3 unspecified atom stereocenters. The van der Waals surface area contributed by atoms with Crippen LogP contribution in [-0.4, -0.2) is 74.1 Å². The van der Waals surface area contributed by atoms with E-state index in [9.17, 15) is 9.59 Å². The highest BCUT2D eigenvalue weighted by Crippen LogP contribution is 2.35. The monoisotopic (exact) mass is 455 g/mol. The van der Waals surface area contributed by atoms with Crippen LogP contribution in [0, 0.1) is 17.8 Å². The molecule has 9 nitrogen and oxygen atoms in total. The van der Waals surface area contributed by atoms with Gasteiger partial charge in [-0.25, -0.2) is 10.9 Å². The first-order chi connectivity index (χ1) is 16.0. The Morgan fingerprint density at radius 3 is 2.21 bits per heavy atom. The molecule has 5 atom stereocenters. The van der Waals surface area contributed by atoms with Crippen LogP contribution in [0.1, 0.15) is 24.8 Å². The number of carbonyl (C=O) groups is 2. The molecule has 2 amide bonds. The Kier molecular flexibility index (Phi) is 6.27. The van der Waals surface area contributed by atoms with E-state index in [0.29, 0.717) is 54.4 Å². The zero-order valence-electron chi connectivity index (χ0n) is 19.3. The van der Waals surface area contributed by atoms with Gasteiger partial charge in [0.1, 0.15) is 11.5 Å². The number of nitrogens with one attached hydrogen (secondary N) is 3. The molecule has 0 spiro atoms. The fourth-order valence-corrected chi connectivity index (χ4v) is 5.76. The van der Waals surface area contributed by atoms with Gasteiger partial charge in [0, 0.05) is 68.2 Å². The standard InChI is InChI=1S/C24H33N5O4/c1-32-19-7-15(8-20(10-19)33-2)3-6-23(30)28-11-17-13-29(14-18(17)12-28)24(31)16-4-5-21-22(9-16)26-27-25-21/h3,6-8,10,16-18,21-22,25-27H,4-5,9,11-14H2,1-2H3/b6-3+/t16?,17-,18-,21?,22?/m1/s1. The normalized spacial score (nSPS) is 31.0. The second kappa shape index (κ2) is 9.32. The van der Waals surface area contributed by atoms with Gasteiger partial charge >= 0.3 is 0 Å². The first kappa shape index (κ1) is 22.2. The van der Waals surface area contributed by atoms with Crippen molar-refractivity contribution in [3.05, 3.63) is 29.8 Å². The van der Waals surface area contributed by atoms with Crippen LogP contribution >= 0.6 is 0 Å². The van der Waals surface area contributed by atoms with Gasteiger partial charge in [0.25, 0.3) is 0 Å². The summed E-state index contributed by atoms with van der Waals surface area (Å²) >= 11 is 0. The minimum absolute atomic E-state index is 0.00898.